The van der Waals surface area contributed by atoms with Gasteiger partial charge in [-0.15, -0.1) is 11.3 Å². The lowest BCUT2D eigenvalue weighted by atomic mass is 10.00. The summed E-state index contributed by atoms with van der Waals surface area (Å²) in [6, 6.07) is 2.34. The molecule has 1 saturated carbocycles. The Hall–Kier alpha value is 0.180. The molecule has 13 heavy (non-hydrogen) atoms. The summed E-state index contributed by atoms with van der Waals surface area (Å²) in [7, 11) is 0. The van der Waals surface area contributed by atoms with Crippen LogP contribution >= 0.6 is 27.3 Å². The van der Waals surface area contributed by atoms with Crippen LogP contribution in [-0.4, -0.2) is 4.83 Å². The highest BCUT2D eigenvalue weighted by Gasteiger charge is 2.24. The van der Waals surface area contributed by atoms with E-state index < -0.39 is 0 Å². The highest BCUT2D eigenvalue weighted by Crippen LogP contribution is 2.34. The van der Waals surface area contributed by atoms with Gasteiger partial charge >= 0.3 is 0 Å². The molecule has 0 radical (unpaired) electrons. The summed E-state index contributed by atoms with van der Waals surface area (Å²) < 4.78 is 0. The van der Waals surface area contributed by atoms with E-state index in [2.05, 4.69) is 34.3 Å². The molecule has 0 aromatic carbocycles. The van der Waals surface area contributed by atoms with Gasteiger partial charge in [-0.3, -0.25) is 0 Å². The second kappa shape index (κ2) is 4.14. The average Bonchev–Trinajstić information content (AvgIpc) is 2.64. The second-order valence-corrected chi connectivity index (χ2v) is 6.27. The molecule has 2 unspecified atom stereocenters. The molecule has 1 aromatic heterocycles. The van der Waals surface area contributed by atoms with Crippen molar-refractivity contribution in [1.29, 1.82) is 0 Å². The van der Waals surface area contributed by atoms with Crippen LogP contribution in [0, 0.1) is 12.8 Å². The van der Waals surface area contributed by atoms with Gasteiger partial charge in [0.25, 0.3) is 0 Å². The van der Waals surface area contributed by atoms with Crippen LogP contribution in [0.2, 0.25) is 0 Å². The van der Waals surface area contributed by atoms with Gasteiger partial charge in [-0.1, -0.05) is 22.4 Å². The molecule has 0 bridgehead atoms. The third-order valence-electron chi connectivity index (χ3n) is 2.85. The van der Waals surface area contributed by atoms with Crippen molar-refractivity contribution >= 4 is 27.3 Å². The molecule has 1 aliphatic carbocycles. The third-order valence-corrected chi connectivity index (χ3v) is 4.96. The Morgan fingerprint density at radius 1 is 1.54 bits per heavy atom. The molecule has 0 nitrogen and oxygen atoms in total. The van der Waals surface area contributed by atoms with Gasteiger partial charge < -0.3 is 0 Å². The molecular formula is C11H15BrS. The van der Waals surface area contributed by atoms with Crippen molar-refractivity contribution in [3.63, 3.8) is 0 Å². The van der Waals surface area contributed by atoms with E-state index in [0.717, 1.165) is 10.7 Å². The topological polar surface area (TPSA) is 0 Å². The zero-order valence-electron chi connectivity index (χ0n) is 7.92. The van der Waals surface area contributed by atoms with Crippen LogP contribution in [0.5, 0.6) is 0 Å². The van der Waals surface area contributed by atoms with Crippen LogP contribution in [0.4, 0.5) is 0 Å². The number of alkyl halides is 1. The minimum atomic E-state index is 0.771. The Balaban J connectivity index is 1.97. The highest BCUT2D eigenvalue weighted by molar-refractivity contribution is 9.09. The molecule has 72 valence electrons. The lowest BCUT2D eigenvalue weighted by molar-refractivity contribution is 0.563. The fraction of sp³-hybridized carbons (Fsp3) is 0.636. The molecule has 0 amide bonds. The minimum absolute atomic E-state index is 0.771. The van der Waals surface area contributed by atoms with E-state index in [0.29, 0.717) is 0 Å². The normalized spacial score (nSPS) is 28.2. The third kappa shape index (κ3) is 2.35. The zero-order valence-corrected chi connectivity index (χ0v) is 10.3. The van der Waals surface area contributed by atoms with Gasteiger partial charge in [0.05, 0.1) is 0 Å². The summed E-state index contributed by atoms with van der Waals surface area (Å²) in [5.41, 5.74) is 1.54. The molecule has 1 aliphatic rings. The largest absolute Gasteiger partial charge is 0.149 e. The van der Waals surface area contributed by atoms with Crippen LogP contribution in [-0.2, 0) is 6.42 Å². The number of thiophene rings is 1. The molecule has 0 spiro atoms. The fourth-order valence-corrected chi connectivity index (χ4v) is 3.63. The Bertz CT molecular complexity index is 279. The first-order valence-corrected chi connectivity index (χ1v) is 6.73. The van der Waals surface area contributed by atoms with Gasteiger partial charge in [-0.25, -0.2) is 0 Å². The predicted molar refractivity (Wildman–Crippen MR) is 62.8 cm³/mol. The molecule has 2 rings (SSSR count). The van der Waals surface area contributed by atoms with Crippen molar-refractivity contribution in [3.8, 4) is 0 Å². The monoisotopic (exact) mass is 258 g/mol. The summed E-state index contributed by atoms with van der Waals surface area (Å²) in [5.74, 6) is 0.883. The van der Waals surface area contributed by atoms with Crippen molar-refractivity contribution in [1.82, 2.24) is 0 Å². The first kappa shape index (κ1) is 9.72. The van der Waals surface area contributed by atoms with Gasteiger partial charge in [-0.05, 0) is 49.1 Å². The lowest BCUT2D eigenvalue weighted by Crippen LogP contribution is -2.08. The van der Waals surface area contributed by atoms with Gasteiger partial charge in [0, 0.05) is 9.70 Å². The fourth-order valence-electron chi connectivity index (χ4n) is 2.13. The molecule has 1 aromatic rings. The Kier molecular flexibility index (Phi) is 3.10. The van der Waals surface area contributed by atoms with E-state index >= 15 is 0 Å². The maximum Gasteiger partial charge on any atom is 0.0177 e. The Labute approximate surface area is 92.5 Å². The Morgan fingerprint density at radius 3 is 2.92 bits per heavy atom. The molecule has 1 fully saturated rings. The van der Waals surface area contributed by atoms with Crippen molar-refractivity contribution in [2.75, 3.05) is 0 Å². The van der Waals surface area contributed by atoms with E-state index in [1.165, 1.54) is 30.6 Å². The molecule has 0 N–H and O–H groups in total. The van der Waals surface area contributed by atoms with Crippen LogP contribution in [0.1, 0.15) is 29.7 Å². The first-order valence-electron chi connectivity index (χ1n) is 4.94. The van der Waals surface area contributed by atoms with Crippen LogP contribution in [0.25, 0.3) is 0 Å². The van der Waals surface area contributed by atoms with Crippen molar-refractivity contribution in [3.05, 3.63) is 21.9 Å². The van der Waals surface area contributed by atoms with Crippen molar-refractivity contribution < 1.29 is 0 Å². The van der Waals surface area contributed by atoms with E-state index in [1.54, 1.807) is 5.56 Å². The summed E-state index contributed by atoms with van der Waals surface area (Å²) in [5, 5.41) is 2.31. The molecule has 2 heteroatoms. The maximum atomic E-state index is 3.77. The van der Waals surface area contributed by atoms with Crippen molar-refractivity contribution in [2.24, 2.45) is 5.92 Å². The standard InChI is InChI=1S/C11H15BrS/c1-8-5-9(7-13-8)6-10-3-2-4-11(10)12/h5,7,10-11H,2-4,6H2,1H3. The lowest BCUT2D eigenvalue weighted by Gasteiger charge is -2.11. The van der Waals surface area contributed by atoms with E-state index in [9.17, 15) is 0 Å². The predicted octanol–water partition coefficient (Wildman–Crippen LogP) is 4.16. The molecular weight excluding hydrogens is 244 g/mol. The van der Waals surface area contributed by atoms with Crippen molar-refractivity contribution in [2.45, 2.75) is 37.4 Å². The molecule has 1 heterocycles. The van der Waals surface area contributed by atoms with Gasteiger partial charge in [0.15, 0.2) is 0 Å². The minimum Gasteiger partial charge on any atom is -0.149 e. The first-order chi connectivity index (χ1) is 6.25. The highest BCUT2D eigenvalue weighted by atomic mass is 79.9. The number of hydrogen-bond acceptors (Lipinski definition) is 1. The summed E-state index contributed by atoms with van der Waals surface area (Å²) in [4.78, 5) is 2.21. The van der Waals surface area contributed by atoms with Gasteiger partial charge in [-0.2, -0.15) is 0 Å². The zero-order chi connectivity index (χ0) is 9.26. The SMILES string of the molecule is Cc1cc(CC2CCCC2Br)cs1. The van der Waals surface area contributed by atoms with Crippen LogP contribution in [0.3, 0.4) is 0 Å². The van der Waals surface area contributed by atoms with E-state index in [4.69, 9.17) is 0 Å². The summed E-state index contributed by atoms with van der Waals surface area (Å²) in [6.45, 7) is 2.19. The second-order valence-electron chi connectivity index (χ2n) is 3.98. The molecule has 0 aliphatic heterocycles. The van der Waals surface area contributed by atoms with Crippen LogP contribution in [0.15, 0.2) is 11.4 Å². The van der Waals surface area contributed by atoms with Gasteiger partial charge in [0.2, 0.25) is 0 Å². The smallest absolute Gasteiger partial charge is 0.0177 e. The Morgan fingerprint density at radius 2 is 2.38 bits per heavy atom. The summed E-state index contributed by atoms with van der Waals surface area (Å²) in [6.07, 6.45) is 5.46. The maximum absolute atomic E-state index is 3.77. The average molecular weight is 259 g/mol. The molecule has 2 atom stereocenters. The number of aryl methyl sites for hydroxylation is 1. The summed E-state index contributed by atoms with van der Waals surface area (Å²) >= 11 is 5.65. The molecule has 0 saturated heterocycles. The number of rotatable bonds is 2. The van der Waals surface area contributed by atoms with E-state index in [-0.39, 0.29) is 0 Å². The number of hydrogen-bond donors (Lipinski definition) is 0. The number of halogens is 1. The van der Waals surface area contributed by atoms with Gasteiger partial charge in [0.1, 0.15) is 0 Å². The quantitative estimate of drug-likeness (QED) is 0.699. The van der Waals surface area contributed by atoms with Crippen LogP contribution < -0.4 is 0 Å². The van der Waals surface area contributed by atoms with E-state index in [1.807, 2.05) is 11.3 Å².